The van der Waals surface area contributed by atoms with Gasteiger partial charge in [0.25, 0.3) is 0 Å². The van der Waals surface area contributed by atoms with Crippen molar-refractivity contribution in [2.45, 2.75) is 11.8 Å². The zero-order chi connectivity index (χ0) is 13.0. The minimum absolute atomic E-state index is 0.136. The number of aliphatic hydroxyl groups excluding tert-OH is 2. The molecule has 0 aliphatic carbocycles. The van der Waals surface area contributed by atoms with Crippen LogP contribution in [0.4, 0.5) is 0 Å². The molecule has 5 heteroatoms. The fraction of sp³-hybridized carbons (Fsp3) is 0.308. The Morgan fingerprint density at radius 3 is 2.33 bits per heavy atom. The Hall–Kier alpha value is -0.940. The van der Waals surface area contributed by atoms with E-state index in [1.165, 1.54) is 11.3 Å². The first-order valence-corrected chi connectivity index (χ1v) is 6.87. The molecular formula is C13H14ClNO2S. The molecule has 2 N–H and O–H groups in total. The Balaban J connectivity index is 2.33. The molecule has 0 amide bonds. The van der Waals surface area contributed by atoms with Crippen LogP contribution in [0.2, 0.25) is 5.02 Å². The van der Waals surface area contributed by atoms with Gasteiger partial charge in [0.15, 0.2) is 0 Å². The van der Waals surface area contributed by atoms with Gasteiger partial charge in [0, 0.05) is 22.2 Å². The van der Waals surface area contributed by atoms with Crippen molar-refractivity contribution in [1.82, 2.24) is 4.98 Å². The number of hydrogen-bond donors (Lipinski definition) is 2. The van der Waals surface area contributed by atoms with Gasteiger partial charge in [0.1, 0.15) is 0 Å². The summed E-state index contributed by atoms with van der Waals surface area (Å²) in [6.45, 7) is -0.273. The largest absolute Gasteiger partial charge is 0.395 e. The van der Waals surface area contributed by atoms with Crippen molar-refractivity contribution in [1.29, 1.82) is 0 Å². The van der Waals surface area contributed by atoms with Crippen LogP contribution in [-0.4, -0.2) is 28.4 Å². The van der Waals surface area contributed by atoms with E-state index in [0.29, 0.717) is 11.4 Å². The summed E-state index contributed by atoms with van der Waals surface area (Å²) in [6.07, 6.45) is 0.505. The number of hydrogen-bond acceptors (Lipinski definition) is 4. The number of aliphatic hydroxyl groups is 2. The summed E-state index contributed by atoms with van der Waals surface area (Å²) >= 11 is 7.36. The van der Waals surface area contributed by atoms with Gasteiger partial charge in [-0.1, -0.05) is 23.7 Å². The van der Waals surface area contributed by atoms with Crippen molar-refractivity contribution in [3.63, 3.8) is 0 Å². The van der Waals surface area contributed by atoms with Crippen molar-refractivity contribution in [3.05, 3.63) is 51.4 Å². The molecule has 0 fully saturated rings. The zero-order valence-corrected chi connectivity index (χ0v) is 11.3. The molecule has 0 aliphatic heterocycles. The SMILES string of the molecule is OCC(CO)(Cc1cscn1)c1ccc(Cl)cc1. The predicted octanol–water partition coefficient (Wildman–Crippen LogP) is 2.26. The highest BCUT2D eigenvalue weighted by Crippen LogP contribution is 2.29. The first-order valence-electron chi connectivity index (χ1n) is 5.55. The molecule has 3 nitrogen and oxygen atoms in total. The minimum atomic E-state index is -0.710. The molecule has 0 radical (unpaired) electrons. The van der Waals surface area contributed by atoms with Gasteiger partial charge >= 0.3 is 0 Å². The van der Waals surface area contributed by atoms with Crippen LogP contribution in [0.25, 0.3) is 0 Å². The Kier molecular flexibility index (Phi) is 4.35. The van der Waals surface area contributed by atoms with E-state index in [2.05, 4.69) is 4.98 Å². The lowest BCUT2D eigenvalue weighted by molar-refractivity contribution is 0.115. The number of aromatic nitrogens is 1. The average Bonchev–Trinajstić information content (AvgIpc) is 2.90. The molecule has 0 spiro atoms. The van der Waals surface area contributed by atoms with E-state index in [-0.39, 0.29) is 13.2 Å². The van der Waals surface area contributed by atoms with Crippen molar-refractivity contribution >= 4 is 22.9 Å². The summed E-state index contributed by atoms with van der Waals surface area (Å²) in [5.74, 6) is 0. The van der Waals surface area contributed by atoms with Crippen molar-refractivity contribution in [2.75, 3.05) is 13.2 Å². The standard InChI is InChI=1S/C13H14ClNO2S/c14-11-3-1-10(2-4-11)13(7-16,8-17)5-12-6-18-9-15-12/h1-4,6,9,16-17H,5,7-8H2. The molecule has 1 aromatic carbocycles. The highest BCUT2D eigenvalue weighted by Gasteiger charge is 2.32. The maximum atomic E-state index is 9.68. The molecule has 0 saturated heterocycles. The molecule has 2 aromatic rings. The Labute approximate surface area is 115 Å². The monoisotopic (exact) mass is 283 g/mol. The molecule has 18 heavy (non-hydrogen) atoms. The minimum Gasteiger partial charge on any atom is -0.395 e. The molecule has 1 heterocycles. The van der Waals surface area contributed by atoms with Gasteiger partial charge in [0.05, 0.1) is 24.4 Å². The van der Waals surface area contributed by atoms with Gasteiger partial charge in [-0.05, 0) is 17.7 Å². The quantitative estimate of drug-likeness (QED) is 0.885. The van der Waals surface area contributed by atoms with E-state index < -0.39 is 5.41 Å². The topological polar surface area (TPSA) is 53.4 Å². The molecule has 0 aliphatic rings. The second-order valence-electron chi connectivity index (χ2n) is 4.26. The Morgan fingerprint density at radius 2 is 1.83 bits per heavy atom. The first kappa shape index (κ1) is 13.5. The van der Waals surface area contributed by atoms with E-state index in [4.69, 9.17) is 11.6 Å². The van der Waals surface area contributed by atoms with Crippen LogP contribution in [0.15, 0.2) is 35.2 Å². The lowest BCUT2D eigenvalue weighted by atomic mass is 9.78. The van der Waals surface area contributed by atoms with Gasteiger partial charge in [-0.2, -0.15) is 0 Å². The lowest BCUT2D eigenvalue weighted by Gasteiger charge is -2.29. The third kappa shape index (κ3) is 2.72. The van der Waals surface area contributed by atoms with Crippen LogP contribution in [-0.2, 0) is 11.8 Å². The van der Waals surface area contributed by atoms with Gasteiger partial charge < -0.3 is 10.2 Å². The zero-order valence-electron chi connectivity index (χ0n) is 9.71. The fourth-order valence-corrected chi connectivity index (χ4v) is 2.61. The average molecular weight is 284 g/mol. The summed E-state index contributed by atoms with van der Waals surface area (Å²) < 4.78 is 0. The maximum Gasteiger partial charge on any atom is 0.0794 e. The highest BCUT2D eigenvalue weighted by atomic mass is 35.5. The molecule has 96 valence electrons. The van der Waals surface area contributed by atoms with E-state index in [1.807, 2.05) is 17.5 Å². The molecule has 0 bridgehead atoms. The second kappa shape index (κ2) is 5.80. The van der Waals surface area contributed by atoms with Crippen LogP contribution >= 0.6 is 22.9 Å². The van der Waals surface area contributed by atoms with E-state index in [1.54, 1.807) is 17.6 Å². The molecule has 0 saturated carbocycles. The summed E-state index contributed by atoms with van der Waals surface area (Å²) in [7, 11) is 0. The molecule has 0 unspecified atom stereocenters. The van der Waals surface area contributed by atoms with E-state index in [9.17, 15) is 10.2 Å². The van der Waals surface area contributed by atoms with Crippen molar-refractivity contribution in [3.8, 4) is 0 Å². The summed E-state index contributed by atoms with van der Waals surface area (Å²) in [5.41, 5.74) is 2.78. The van der Waals surface area contributed by atoms with Crippen molar-refractivity contribution in [2.24, 2.45) is 0 Å². The molecular weight excluding hydrogens is 270 g/mol. The van der Waals surface area contributed by atoms with E-state index >= 15 is 0 Å². The normalized spacial score (nSPS) is 11.7. The van der Waals surface area contributed by atoms with E-state index in [0.717, 1.165) is 11.3 Å². The summed E-state index contributed by atoms with van der Waals surface area (Å²) in [5, 5.41) is 21.9. The molecule has 1 aromatic heterocycles. The van der Waals surface area contributed by atoms with Gasteiger partial charge in [-0.3, -0.25) is 0 Å². The summed E-state index contributed by atoms with van der Waals surface area (Å²) in [6, 6.07) is 7.19. The number of nitrogens with zero attached hydrogens (tertiary/aromatic N) is 1. The van der Waals surface area contributed by atoms with Crippen LogP contribution in [0.5, 0.6) is 0 Å². The Bertz CT molecular complexity index is 480. The fourth-order valence-electron chi connectivity index (χ4n) is 1.92. The number of thiazole rings is 1. The first-order chi connectivity index (χ1) is 8.70. The van der Waals surface area contributed by atoms with Gasteiger partial charge in [-0.25, -0.2) is 4.98 Å². The number of benzene rings is 1. The third-order valence-electron chi connectivity index (χ3n) is 3.06. The number of halogens is 1. The van der Waals surface area contributed by atoms with Crippen LogP contribution in [0.3, 0.4) is 0 Å². The molecule has 2 rings (SSSR count). The smallest absolute Gasteiger partial charge is 0.0794 e. The highest BCUT2D eigenvalue weighted by molar-refractivity contribution is 7.07. The molecule has 0 atom stereocenters. The maximum absolute atomic E-state index is 9.68. The van der Waals surface area contributed by atoms with Crippen LogP contribution in [0, 0.1) is 0 Å². The van der Waals surface area contributed by atoms with Crippen molar-refractivity contribution < 1.29 is 10.2 Å². The predicted molar refractivity (Wildman–Crippen MR) is 73.1 cm³/mol. The van der Waals surface area contributed by atoms with Crippen LogP contribution < -0.4 is 0 Å². The van der Waals surface area contributed by atoms with Crippen LogP contribution in [0.1, 0.15) is 11.3 Å². The lowest BCUT2D eigenvalue weighted by Crippen LogP contribution is -2.37. The summed E-state index contributed by atoms with van der Waals surface area (Å²) in [4.78, 5) is 4.21. The Morgan fingerprint density at radius 1 is 1.17 bits per heavy atom. The van der Waals surface area contributed by atoms with Gasteiger partial charge in [-0.15, -0.1) is 11.3 Å². The number of rotatable bonds is 5. The second-order valence-corrected chi connectivity index (χ2v) is 5.42. The van der Waals surface area contributed by atoms with Gasteiger partial charge in [0.2, 0.25) is 0 Å². The third-order valence-corrected chi connectivity index (χ3v) is 3.95.